The molecule has 21 valence electrons. The zero-order chi connectivity index (χ0) is 2.71. The Balaban J connectivity index is 0. The van der Waals surface area contributed by atoms with Crippen molar-refractivity contribution in [2.45, 2.75) is 0 Å². The van der Waals surface area contributed by atoms with Gasteiger partial charge in [0, 0.05) is 24.4 Å². The third-order valence-corrected chi connectivity index (χ3v) is 0. The number of isocyanates is 1. The summed E-state index contributed by atoms with van der Waals surface area (Å²) in [5, 5.41) is 5.40. The average molecular weight is 165 g/mol. The molecule has 0 fully saturated rings. The molecule has 0 aliphatic rings. The standard InChI is InChI=1S/CHNO.Sb/c2-1-3;/h2H;. The molecule has 0 aliphatic carbocycles. The Hall–Kier alpha value is 0.198. The smallest absolute Gasteiger partial charge is 0.222 e. The Morgan fingerprint density at radius 3 is 1.75 bits per heavy atom. The van der Waals surface area contributed by atoms with Gasteiger partial charge in [0.15, 0.2) is 0 Å². The summed E-state index contributed by atoms with van der Waals surface area (Å²) in [7, 11) is 0. The molecule has 4 heavy (non-hydrogen) atoms. The maximum atomic E-state index is 8.35. The molecular formula is CHNOSb. The van der Waals surface area contributed by atoms with E-state index in [-0.39, 0.29) is 24.4 Å². The second-order valence-corrected chi connectivity index (χ2v) is 0.102. The van der Waals surface area contributed by atoms with Crippen LogP contribution in [0.15, 0.2) is 0 Å². The van der Waals surface area contributed by atoms with Crippen molar-refractivity contribution >= 4 is 30.5 Å². The minimum Gasteiger partial charge on any atom is -0.222 e. The Kier molecular flexibility index (Phi) is 23.9. The molecule has 0 aromatic carbocycles. The third kappa shape index (κ3) is 80.3. The minimum atomic E-state index is 0. The van der Waals surface area contributed by atoms with Crippen LogP contribution in [-0.2, 0) is 4.79 Å². The van der Waals surface area contributed by atoms with E-state index in [2.05, 4.69) is 0 Å². The first-order valence-corrected chi connectivity index (χ1v) is 0.454. The van der Waals surface area contributed by atoms with E-state index in [0.29, 0.717) is 0 Å². The van der Waals surface area contributed by atoms with E-state index in [4.69, 9.17) is 10.2 Å². The molecule has 0 atom stereocenters. The van der Waals surface area contributed by atoms with Crippen molar-refractivity contribution in [2.24, 2.45) is 0 Å². The number of hydrogen-bond donors (Lipinski definition) is 1. The summed E-state index contributed by atoms with van der Waals surface area (Å²) in [6.07, 6.45) is 0.750. The molecule has 0 saturated carbocycles. The molecule has 0 spiro atoms. The van der Waals surface area contributed by atoms with Crippen LogP contribution in [0, 0.1) is 5.41 Å². The Morgan fingerprint density at radius 2 is 1.75 bits per heavy atom. The third-order valence-electron chi connectivity index (χ3n) is 0. The van der Waals surface area contributed by atoms with Crippen LogP contribution in [0.25, 0.3) is 0 Å². The van der Waals surface area contributed by atoms with Gasteiger partial charge in [-0.2, -0.15) is 0 Å². The van der Waals surface area contributed by atoms with Crippen molar-refractivity contribution in [3.63, 3.8) is 0 Å². The topological polar surface area (TPSA) is 40.9 Å². The predicted octanol–water partition coefficient (Wildman–Crippen LogP) is -0.480. The van der Waals surface area contributed by atoms with Crippen LogP contribution in [-0.4, -0.2) is 30.5 Å². The van der Waals surface area contributed by atoms with Gasteiger partial charge in [0.2, 0.25) is 6.08 Å². The summed E-state index contributed by atoms with van der Waals surface area (Å²) in [6, 6.07) is 0. The van der Waals surface area contributed by atoms with E-state index in [9.17, 15) is 0 Å². The Labute approximate surface area is 41.2 Å². The van der Waals surface area contributed by atoms with Crippen LogP contribution in [0.4, 0.5) is 0 Å². The van der Waals surface area contributed by atoms with Gasteiger partial charge in [-0.15, -0.1) is 0 Å². The summed E-state index contributed by atoms with van der Waals surface area (Å²) in [6.45, 7) is 0. The van der Waals surface area contributed by atoms with Crippen molar-refractivity contribution < 1.29 is 4.79 Å². The van der Waals surface area contributed by atoms with E-state index in [1.807, 2.05) is 0 Å². The van der Waals surface area contributed by atoms with Crippen molar-refractivity contribution in [1.82, 2.24) is 0 Å². The van der Waals surface area contributed by atoms with Gasteiger partial charge in [0.25, 0.3) is 0 Å². The van der Waals surface area contributed by atoms with Crippen molar-refractivity contribution in [3.8, 4) is 0 Å². The molecule has 0 unspecified atom stereocenters. The summed E-state index contributed by atoms with van der Waals surface area (Å²) in [4.78, 5) is 8.35. The van der Waals surface area contributed by atoms with Crippen LogP contribution < -0.4 is 0 Å². The molecule has 1 N–H and O–H groups in total. The first kappa shape index (κ1) is 8.89. The SMILES string of the molecule is N=C=O.[Sb]. The number of nitrogens with one attached hydrogen (secondary N) is 1. The first-order chi connectivity index (χ1) is 1.41. The summed E-state index contributed by atoms with van der Waals surface area (Å²) >= 11 is 0. The Bertz CT molecular complexity index is 29.0. The van der Waals surface area contributed by atoms with Crippen LogP contribution in [0.1, 0.15) is 0 Å². The van der Waals surface area contributed by atoms with Crippen LogP contribution in [0.3, 0.4) is 0 Å². The number of carbonyl (C=O) groups excluding carboxylic acids is 1. The second-order valence-electron chi connectivity index (χ2n) is 0.102. The van der Waals surface area contributed by atoms with E-state index in [1.165, 1.54) is 0 Å². The van der Waals surface area contributed by atoms with Crippen molar-refractivity contribution in [3.05, 3.63) is 0 Å². The molecule has 0 saturated heterocycles. The maximum Gasteiger partial charge on any atom is 0.231 e. The maximum absolute atomic E-state index is 8.35. The molecule has 0 rings (SSSR count). The quantitative estimate of drug-likeness (QED) is 0.294. The second kappa shape index (κ2) is 10.8. The van der Waals surface area contributed by atoms with Crippen molar-refractivity contribution in [2.75, 3.05) is 0 Å². The molecular weight excluding hydrogens is 164 g/mol. The monoisotopic (exact) mass is 164 g/mol. The van der Waals surface area contributed by atoms with Gasteiger partial charge in [-0.3, -0.25) is 0 Å². The van der Waals surface area contributed by atoms with Crippen molar-refractivity contribution in [1.29, 1.82) is 5.41 Å². The fourth-order valence-corrected chi connectivity index (χ4v) is 0. The largest absolute Gasteiger partial charge is 0.231 e. The van der Waals surface area contributed by atoms with Crippen LogP contribution in [0.5, 0.6) is 0 Å². The molecule has 3 heteroatoms. The van der Waals surface area contributed by atoms with Gasteiger partial charge in [0.1, 0.15) is 0 Å². The normalized spacial score (nSPS) is 2.00. The predicted molar refractivity (Wildman–Crippen MR) is 14.2 cm³/mol. The summed E-state index contributed by atoms with van der Waals surface area (Å²) in [5.41, 5.74) is 0. The molecule has 0 amide bonds. The molecule has 0 heterocycles. The van der Waals surface area contributed by atoms with Gasteiger partial charge >= 0.3 is 0 Å². The molecule has 0 bridgehead atoms. The van der Waals surface area contributed by atoms with Gasteiger partial charge in [-0.1, -0.05) is 0 Å². The molecule has 2 nitrogen and oxygen atoms in total. The molecule has 0 aromatic heterocycles. The minimum absolute atomic E-state index is 0. The van der Waals surface area contributed by atoms with Gasteiger partial charge < -0.3 is 0 Å². The zero-order valence-corrected chi connectivity index (χ0v) is 4.41. The van der Waals surface area contributed by atoms with Crippen LogP contribution in [0.2, 0.25) is 0 Å². The van der Waals surface area contributed by atoms with Crippen LogP contribution >= 0.6 is 0 Å². The summed E-state index contributed by atoms with van der Waals surface area (Å²) < 4.78 is 0. The molecule has 3 radical (unpaired) electrons. The molecule has 0 aliphatic heterocycles. The van der Waals surface area contributed by atoms with E-state index < -0.39 is 0 Å². The number of rotatable bonds is 0. The van der Waals surface area contributed by atoms with E-state index in [0.717, 1.165) is 6.08 Å². The fraction of sp³-hybridized carbons (Fsp3) is 0. The van der Waals surface area contributed by atoms with Gasteiger partial charge in [-0.25, -0.2) is 10.2 Å². The number of hydrogen-bond acceptors (Lipinski definition) is 2. The summed E-state index contributed by atoms with van der Waals surface area (Å²) in [5.74, 6) is 0. The Morgan fingerprint density at radius 1 is 1.75 bits per heavy atom. The van der Waals surface area contributed by atoms with Gasteiger partial charge in [-0.05, 0) is 0 Å². The first-order valence-electron chi connectivity index (χ1n) is 0.454. The molecule has 0 aromatic rings. The average Bonchev–Trinajstić information content (AvgIpc) is 0.918. The van der Waals surface area contributed by atoms with Gasteiger partial charge in [0.05, 0.1) is 0 Å². The fourth-order valence-electron chi connectivity index (χ4n) is 0. The van der Waals surface area contributed by atoms with E-state index >= 15 is 0 Å². The van der Waals surface area contributed by atoms with E-state index in [1.54, 1.807) is 0 Å². The zero-order valence-electron chi connectivity index (χ0n) is 1.86.